The lowest BCUT2D eigenvalue weighted by molar-refractivity contribution is 0.214. The van der Waals surface area contributed by atoms with Gasteiger partial charge in [0.25, 0.3) is 0 Å². The molecule has 0 nitrogen and oxygen atoms in total. The third-order valence-corrected chi connectivity index (χ3v) is 6.43. The Morgan fingerprint density at radius 1 is 0.625 bits per heavy atom. The molecule has 0 heteroatoms. The van der Waals surface area contributed by atoms with Gasteiger partial charge in [0.2, 0.25) is 0 Å². The molecule has 0 amide bonds. The predicted octanol–water partition coefficient (Wildman–Crippen LogP) is 4.89. The van der Waals surface area contributed by atoms with Gasteiger partial charge in [-0.25, -0.2) is 0 Å². The molecule has 0 aromatic heterocycles. The first-order valence-electron chi connectivity index (χ1n) is 7.74. The molecule has 3 rings (SSSR count). The van der Waals surface area contributed by atoms with E-state index in [1.54, 1.807) is 44.9 Å². The van der Waals surface area contributed by atoms with Gasteiger partial charge < -0.3 is 0 Å². The van der Waals surface area contributed by atoms with E-state index in [-0.39, 0.29) is 0 Å². The molecule has 92 valence electrons. The van der Waals surface area contributed by atoms with Gasteiger partial charge in [-0.2, -0.15) is 0 Å². The Kier molecular flexibility index (Phi) is 3.02. The Hall–Kier alpha value is 0. The number of rotatable bonds is 0. The van der Waals surface area contributed by atoms with Gasteiger partial charge in [-0.3, -0.25) is 0 Å². The van der Waals surface area contributed by atoms with Crippen LogP contribution in [0, 0.1) is 35.5 Å². The Labute approximate surface area is 101 Å². The summed E-state index contributed by atoms with van der Waals surface area (Å²) in [5.41, 5.74) is 0. The average molecular weight is 220 g/mol. The molecular weight excluding hydrogens is 192 g/mol. The van der Waals surface area contributed by atoms with Crippen molar-refractivity contribution in [3.05, 3.63) is 0 Å². The summed E-state index contributed by atoms with van der Waals surface area (Å²) in [6, 6.07) is 0. The van der Waals surface area contributed by atoms with Crippen LogP contribution in [0.1, 0.15) is 65.2 Å². The quantitative estimate of drug-likeness (QED) is 0.545. The zero-order valence-corrected chi connectivity index (χ0v) is 11.1. The minimum atomic E-state index is 0.987. The fraction of sp³-hybridized carbons (Fsp3) is 1.00. The van der Waals surface area contributed by atoms with E-state index in [0.717, 1.165) is 35.5 Å². The van der Waals surface area contributed by atoms with Crippen LogP contribution in [0.25, 0.3) is 0 Å². The summed E-state index contributed by atoms with van der Waals surface area (Å²) < 4.78 is 0. The van der Waals surface area contributed by atoms with Crippen LogP contribution in [0.15, 0.2) is 0 Å². The van der Waals surface area contributed by atoms with Crippen molar-refractivity contribution in [1.82, 2.24) is 0 Å². The second kappa shape index (κ2) is 4.35. The molecule has 3 aliphatic carbocycles. The summed E-state index contributed by atoms with van der Waals surface area (Å²) in [5, 5.41) is 0. The number of hydrogen-bond acceptors (Lipinski definition) is 0. The second-order valence-corrected chi connectivity index (χ2v) is 7.19. The highest BCUT2D eigenvalue weighted by Gasteiger charge is 2.39. The van der Waals surface area contributed by atoms with Crippen molar-refractivity contribution in [2.24, 2.45) is 35.5 Å². The van der Waals surface area contributed by atoms with Crippen LogP contribution < -0.4 is 0 Å². The van der Waals surface area contributed by atoms with Gasteiger partial charge in [-0.05, 0) is 67.6 Å². The molecule has 4 bridgehead atoms. The van der Waals surface area contributed by atoms with E-state index in [4.69, 9.17) is 0 Å². The number of fused-ring (bicyclic) bond motifs is 5. The summed E-state index contributed by atoms with van der Waals surface area (Å²) in [6.07, 6.45) is 12.5. The van der Waals surface area contributed by atoms with Crippen LogP contribution in [0.3, 0.4) is 0 Å². The Morgan fingerprint density at radius 3 is 2.12 bits per heavy atom. The van der Waals surface area contributed by atoms with Crippen LogP contribution >= 0.6 is 0 Å². The maximum atomic E-state index is 2.54. The fourth-order valence-corrected chi connectivity index (χ4v) is 4.99. The van der Waals surface area contributed by atoms with Gasteiger partial charge in [0, 0.05) is 0 Å². The van der Waals surface area contributed by atoms with E-state index in [1.165, 1.54) is 6.42 Å². The monoisotopic (exact) mass is 220 g/mol. The van der Waals surface area contributed by atoms with E-state index in [9.17, 15) is 0 Å². The third-order valence-electron chi connectivity index (χ3n) is 6.43. The van der Waals surface area contributed by atoms with Gasteiger partial charge in [-0.1, -0.05) is 33.1 Å². The smallest absolute Gasteiger partial charge is 0.0383 e. The van der Waals surface area contributed by atoms with Crippen LogP contribution in [0.2, 0.25) is 0 Å². The summed E-state index contributed by atoms with van der Waals surface area (Å²) in [6.45, 7) is 5.06. The summed E-state index contributed by atoms with van der Waals surface area (Å²) in [5.74, 6) is 6.44. The van der Waals surface area contributed by atoms with Crippen LogP contribution in [-0.4, -0.2) is 0 Å². The second-order valence-electron chi connectivity index (χ2n) is 7.19. The van der Waals surface area contributed by atoms with Crippen molar-refractivity contribution in [2.75, 3.05) is 0 Å². The molecule has 3 saturated carbocycles. The lowest BCUT2D eigenvalue weighted by Crippen LogP contribution is -2.20. The Morgan fingerprint density at radius 2 is 1.25 bits per heavy atom. The number of hydrogen-bond donors (Lipinski definition) is 0. The van der Waals surface area contributed by atoms with E-state index in [0.29, 0.717) is 0 Å². The highest BCUT2D eigenvalue weighted by molar-refractivity contribution is 4.90. The van der Waals surface area contributed by atoms with Crippen molar-refractivity contribution in [1.29, 1.82) is 0 Å². The zero-order valence-electron chi connectivity index (χ0n) is 11.1. The normalized spacial score (nSPS) is 52.9. The summed E-state index contributed by atoms with van der Waals surface area (Å²) in [7, 11) is 0. The Bertz CT molecular complexity index is 240. The summed E-state index contributed by atoms with van der Waals surface area (Å²) in [4.78, 5) is 0. The van der Waals surface area contributed by atoms with E-state index < -0.39 is 0 Å². The van der Waals surface area contributed by atoms with Crippen molar-refractivity contribution < 1.29 is 0 Å². The van der Waals surface area contributed by atoms with Gasteiger partial charge in [0.1, 0.15) is 0 Å². The highest BCUT2D eigenvalue weighted by atomic mass is 14.4. The first kappa shape index (κ1) is 11.1. The van der Waals surface area contributed by atoms with Crippen molar-refractivity contribution in [3.8, 4) is 0 Å². The first-order chi connectivity index (χ1) is 7.74. The topological polar surface area (TPSA) is 0 Å². The largest absolute Gasteiger partial charge is 0.0622 e. The molecule has 0 aliphatic heterocycles. The average Bonchev–Trinajstić information content (AvgIpc) is 2.91. The molecule has 0 spiro atoms. The lowest BCUT2D eigenvalue weighted by Gasteiger charge is -2.29. The van der Waals surface area contributed by atoms with E-state index in [2.05, 4.69) is 13.8 Å². The molecule has 3 fully saturated rings. The molecule has 0 radical (unpaired) electrons. The molecule has 0 aromatic carbocycles. The molecular formula is C16H28. The molecule has 3 aliphatic rings. The molecule has 0 heterocycles. The maximum absolute atomic E-state index is 2.54. The van der Waals surface area contributed by atoms with Crippen LogP contribution in [0.4, 0.5) is 0 Å². The van der Waals surface area contributed by atoms with E-state index in [1.807, 2.05) is 0 Å². The maximum Gasteiger partial charge on any atom is -0.0383 e. The van der Waals surface area contributed by atoms with Gasteiger partial charge in [-0.15, -0.1) is 0 Å². The van der Waals surface area contributed by atoms with Crippen molar-refractivity contribution in [3.63, 3.8) is 0 Å². The molecule has 0 saturated heterocycles. The van der Waals surface area contributed by atoms with Gasteiger partial charge in [0.15, 0.2) is 0 Å². The molecule has 6 atom stereocenters. The molecule has 1 unspecified atom stereocenters. The van der Waals surface area contributed by atoms with Crippen LogP contribution in [-0.2, 0) is 0 Å². The zero-order chi connectivity index (χ0) is 11.1. The molecule has 0 N–H and O–H groups in total. The van der Waals surface area contributed by atoms with Crippen molar-refractivity contribution in [2.45, 2.75) is 65.2 Å². The lowest BCUT2D eigenvalue weighted by atomic mass is 9.77. The minimum Gasteiger partial charge on any atom is -0.0622 e. The SMILES string of the molecule is C[C@@H]1[C@@H]2CC[C@@H](C2)[C@H]2CCC(CC[C@@H]1C)C2. The summed E-state index contributed by atoms with van der Waals surface area (Å²) >= 11 is 0. The molecule has 0 aromatic rings. The third kappa shape index (κ3) is 1.93. The van der Waals surface area contributed by atoms with E-state index >= 15 is 0 Å². The van der Waals surface area contributed by atoms with Crippen LogP contribution in [0.5, 0.6) is 0 Å². The minimum absolute atomic E-state index is 0.987. The Balaban J connectivity index is 1.76. The van der Waals surface area contributed by atoms with Gasteiger partial charge >= 0.3 is 0 Å². The highest BCUT2D eigenvalue weighted by Crippen LogP contribution is 2.50. The standard InChI is InChI=1S/C16H28/c1-11-3-4-13-5-6-15(9-13)16-8-7-14(10-16)12(11)2/h11-16H,3-10H2,1-2H3/t11-,12-,13?,14+,15-,16-/m0/s1. The van der Waals surface area contributed by atoms with Crippen molar-refractivity contribution >= 4 is 0 Å². The molecule has 16 heavy (non-hydrogen) atoms. The fourth-order valence-electron chi connectivity index (χ4n) is 4.99. The predicted molar refractivity (Wildman–Crippen MR) is 69.2 cm³/mol. The first-order valence-corrected chi connectivity index (χ1v) is 7.74. The van der Waals surface area contributed by atoms with Gasteiger partial charge in [0.05, 0.1) is 0 Å².